The molecule has 3 heterocycles. The molecule has 5 heteroatoms. The van der Waals surface area contributed by atoms with Crippen molar-refractivity contribution in [2.45, 2.75) is 37.8 Å². The maximum atomic E-state index is 12.1. The molecule has 1 aromatic rings. The highest BCUT2D eigenvalue weighted by atomic mass is 32.1. The number of likely N-dealkylation sites (N-methyl/N-ethyl adjacent to an activating group) is 1. The summed E-state index contributed by atoms with van der Waals surface area (Å²) in [5, 5.41) is 4.41. The summed E-state index contributed by atoms with van der Waals surface area (Å²) in [5.74, 6) is 0.233. The van der Waals surface area contributed by atoms with Gasteiger partial charge < -0.3 is 4.90 Å². The first-order valence-corrected chi connectivity index (χ1v) is 9.22. The Morgan fingerprint density at radius 3 is 2.77 bits per heavy atom. The Labute approximate surface area is 137 Å². The molecular weight excluding hydrogens is 294 g/mol. The standard InChI is InChI=1S/C17H27N3OS/c1-18(2)16(21)12-20-9-4-7-17(20)6-3-8-19(14-17)11-15-5-10-22-13-15/h5,10,13H,3-4,6-9,11-12,14H2,1-2H3/t17-/m1/s1. The second-order valence-corrected chi connectivity index (χ2v) is 7.76. The molecule has 0 radical (unpaired) electrons. The van der Waals surface area contributed by atoms with E-state index in [0.717, 1.165) is 19.6 Å². The van der Waals surface area contributed by atoms with Gasteiger partial charge in [0.05, 0.1) is 6.54 Å². The highest BCUT2D eigenvalue weighted by molar-refractivity contribution is 7.07. The molecule has 0 bridgehead atoms. The lowest BCUT2D eigenvalue weighted by atomic mass is 9.86. The largest absolute Gasteiger partial charge is 0.348 e. The number of nitrogens with zero attached hydrogens (tertiary/aromatic N) is 3. The summed E-state index contributed by atoms with van der Waals surface area (Å²) < 4.78 is 0. The number of hydrogen-bond donors (Lipinski definition) is 0. The highest BCUT2D eigenvalue weighted by Crippen LogP contribution is 2.37. The fourth-order valence-corrected chi connectivity index (χ4v) is 4.65. The third-order valence-electron chi connectivity index (χ3n) is 5.19. The monoisotopic (exact) mass is 321 g/mol. The molecule has 1 spiro atoms. The van der Waals surface area contributed by atoms with Crippen molar-refractivity contribution in [1.29, 1.82) is 0 Å². The minimum Gasteiger partial charge on any atom is -0.348 e. The van der Waals surface area contributed by atoms with Crippen LogP contribution in [0.2, 0.25) is 0 Å². The molecule has 0 aliphatic carbocycles. The minimum absolute atomic E-state index is 0.233. The molecule has 2 aliphatic rings. The fourth-order valence-electron chi connectivity index (χ4n) is 3.99. The molecule has 0 aromatic carbocycles. The van der Waals surface area contributed by atoms with Gasteiger partial charge in [-0.15, -0.1) is 0 Å². The summed E-state index contributed by atoms with van der Waals surface area (Å²) in [5.41, 5.74) is 1.66. The molecule has 2 fully saturated rings. The number of piperidine rings is 1. The number of carbonyl (C=O) groups is 1. The number of likely N-dealkylation sites (tertiary alicyclic amines) is 2. The molecule has 1 atom stereocenters. The van der Waals surface area contributed by atoms with Crippen LogP contribution in [0.5, 0.6) is 0 Å². The first-order chi connectivity index (χ1) is 10.6. The van der Waals surface area contributed by atoms with Crippen LogP contribution in [0, 0.1) is 0 Å². The number of carbonyl (C=O) groups excluding carboxylic acids is 1. The summed E-state index contributed by atoms with van der Waals surface area (Å²) in [6.07, 6.45) is 4.96. The van der Waals surface area contributed by atoms with Crippen molar-refractivity contribution in [1.82, 2.24) is 14.7 Å². The number of hydrogen-bond acceptors (Lipinski definition) is 4. The minimum atomic E-state index is 0.233. The van der Waals surface area contributed by atoms with Gasteiger partial charge in [-0.05, 0) is 61.2 Å². The van der Waals surface area contributed by atoms with Crippen LogP contribution in [0.4, 0.5) is 0 Å². The average molecular weight is 321 g/mol. The second-order valence-electron chi connectivity index (χ2n) is 6.98. The van der Waals surface area contributed by atoms with E-state index in [1.54, 1.807) is 16.2 Å². The van der Waals surface area contributed by atoms with Gasteiger partial charge in [-0.1, -0.05) is 0 Å². The van der Waals surface area contributed by atoms with Gasteiger partial charge >= 0.3 is 0 Å². The van der Waals surface area contributed by atoms with Gasteiger partial charge in [-0.25, -0.2) is 0 Å². The Morgan fingerprint density at radius 1 is 1.32 bits per heavy atom. The Kier molecular flexibility index (Phi) is 4.85. The van der Waals surface area contributed by atoms with Gasteiger partial charge in [0, 0.05) is 32.7 Å². The van der Waals surface area contributed by atoms with Crippen molar-refractivity contribution >= 4 is 17.2 Å². The fraction of sp³-hybridized carbons (Fsp3) is 0.706. The Hall–Kier alpha value is -0.910. The van der Waals surface area contributed by atoms with E-state index in [2.05, 4.69) is 26.6 Å². The summed E-state index contributed by atoms with van der Waals surface area (Å²) in [7, 11) is 3.71. The van der Waals surface area contributed by atoms with Crippen molar-refractivity contribution in [3.8, 4) is 0 Å². The Morgan fingerprint density at radius 2 is 2.09 bits per heavy atom. The van der Waals surface area contributed by atoms with Gasteiger partial charge in [0.2, 0.25) is 5.91 Å². The van der Waals surface area contributed by atoms with Gasteiger partial charge in [0.1, 0.15) is 0 Å². The lowest BCUT2D eigenvalue weighted by Gasteiger charge is -2.46. The van der Waals surface area contributed by atoms with Crippen LogP contribution in [0.1, 0.15) is 31.2 Å². The maximum Gasteiger partial charge on any atom is 0.236 e. The SMILES string of the molecule is CN(C)C(=O)CN1CCC[C@@]12CCCN(Cc1ccsc1)C2. The van der Waals surface area contributed by atoms with E-state index >= 15 is 0 Å². The Balaban J connectivity index is 1.66. The van der Waals surface area contributed by atoms with Gasteiger partial charge in [0.25, 0.3) is 0 Å². The van der Waals surface area contributed by atoms with Crippen molar-refractivity contribution in [3.05, 3.63) is 22.4 Å². The molecular formula is C17H27N3OS. The van der Waals surface area contributed by atoms with Gasteiger partial charge in [-0.3, -0.25) is 14.6 Å². The topological polar surface area (TPSA) is 26.8 Å². The number of rotatable bonds is 4. The molecule has 4 nitrogen and oxygen atoms in total. The summed E-state index contributed by atoms with van der Waals surface area (Å²) in [6.45, 7) is 5.02. The van der Waals surface area contributed by atoms with Gasteiger partial charge in [0.15, 0.2) is 0 Å². The molecule has 3 rings (SSSR count). The molecule has 0 N–H and O–H groups in total. The van der Waals surface area contributed by atoms with Crippen LogP contribution in [0.25, 0.3) is 0 Å². The van der Waals surface area contributed by atoms with E-state index in [-0.39, 0.29) is 11.4 Å². The predicted molar refractivity (Wildman–Crippen MR) is 91.1 cm³/mol. The smallest absolute Gasteiger partial charge is 0.236 e. The van der Waals surface area contributed by atoms with Crippen LogP contribution >= 0.6 is 11.3 Å². The molecule has 2 saturated heterocycles. The summed E-state index contributed by atoms with van der Waals surface area (Å²) >= 11 is 1.78. The quantitative estimate of drug-likeness (QED) is 0.851. The van der Waals surface area contributed by atoms with E-state index in [0.29, 0.717) is 6.54 Å². The maximum absolute atomic E-state index is 12.1. The van der Waals surface area contributed by atoms with E-state index in [9.17, 15) is 4.79 Å². The van der Waals surface area contributed by atoms with E-state index in [4.69, 9.17) is 0 Å². The normalized spacial score (nSPS) is 26.6. The third-order valence-corrected chi connectivity index (χ3v) is 5.92. The lowest BCUT2D eigenvalue weighted by Crippen LogP contribution is -2.57. The second kappa shape index (κ2) is 6.69. The molecule has 22 heavy (non-hydrogen) atoms. The molecule has 0 saturated carbocycles. The molecule has 1 aromatic heterocycles. The predicted octanol–water partition coefficient (Wildman–Crippen LogP) is 2.27. The summed E-state index contributed by atoms with van der Waals surface area (Å²) in [4.78, 5) is 18.9. The number of amides is 1. The highest BCUT2D eigenvalue weighted by Gasteiger charge is 2.44. The zero-order chi connectivity index (χ0) is 15.6. The average Bonchev–Trinajstić information content (AvgIpc) is 3.11. The van der Waals surface area contributed by atoms with E-state index in [1.165, 1.54) is 37.8 Å². The van der Waals surface area contributed by atoms with Crippen LogP contribution in [0.15, 0.2) is 16.8 Å². The van der Waals surface area contributed by atoms with E-state index < -0.39 is 0 Å². The van der Waals surface area contributed by atoms with Crippen LogP contribution in [0.3, 0.4) is 0 Å². The molecule has 1 amide bonds. The third kappa shape index (κ3) is 3.36. The molecule has 122 valence electrons. The number of thiophene rings is 1. The van der Waals surface area contributed by atoms with Crippen LogP contribution in [-0.4, -0.2) is 66.4 Å². The molecule has 2 aliphatic heterocycles. The molecule has 0 unspecified atom stereocenters. The van der Waals surface area contributed by atoms with Crippen LogP contribution < -0.4 is 0 Å². The van der Waals surface area contributed by atoms with Crippen molar-refractivity contribution in [2.75, 3.05) is 40.3 Å². The lowest BCUT2D eigenvalue weighted by molar-refractivity contribution is -0.131. The van der Waals surface area contributed by atoms with Crippen molar-refractivity contribution in [2.24, 2.45) is 0 Å². The van der Waals surface area contributed by atoms with E-state index in [1.807, 2.05) is 14.1 Å². The van der Waals surface area contributed by atoms with Crippen molar-refractivity contribution < 1.29 is 4.79 Å². The first kappa shape index (κ1) is 16.0. The van der Waals surface area contributed by atoms with Crippen molar-refractivity contribution in [3.63, 3.8) is 0 Å². The Bertz CT molecular complexity index is 502. The zero-order valence-electron chi connectivity index (χ0n) is 13.8. The first-order valence-electron chi connectivity index (χ1n) is 8.28. The summed E-state index contributed by atoms with van der Waals surface area (Å²) in [6, 6.07) is 2.23. The van der Waals surface area contributed by atoms with Gasteiger partial charge in [-0.2, -0.15) is 11.3 Å². The van der Waals surface area contributed by atoms with Crippen LogP contribution in [-0.2, 0) is 11.3 Å². The zero-order valence-corrected chi connectivity index (χ0v) is 14.6.